The van der Waals surface area contributed by atoms with Gasteiger partial charge in [0.1, 0.15) is 5.75 Å². The third-order valence-corrected chi connectivity index (χ3v) is 6.74. The summed E-state index contributed by atoms with van der Waals surface area (Å²) in [4.78, 5) is 44.9. The van der Waals surface area contributed by atoms with Gasteiger partial charge in [-0.2, -0.15) is 0 Å². The van der Waals surface area contributed by atoms with Crippen LogP contribution in [0.3, 0.4) is 0 Å². The molecular formula is C24H23N3O5. The van der Waals surface area contributed by atoms with Gasteiger partial charge in [0.15, 0.2) is 11.6 Å². The zero-order chi connectivity index (χ0) is 22.4. The average Bonchev–Trinajstić information content (AvgIpc) is 3.48. The standard InChI is InChI=1S/C24H23N3O5/c1-32-16-8-6-13(7-9-16)17(12-19(29)26-22-18(28)3-2-10-25-22)27-23(30)20-14-4-5-15(11-14)21(20)24(27)31/h2-10,14-15,17,20-21,28H,11-12H2,1H3,(H,25,26,29). The monoisotopic (exact) mass is 433 g/mol. The van der Waals surface area contributed by atoms with Crippen molar-refractivity contribution < 1.29 is 24.2 Å². The van der Waals surface area contributed by atoms with Crippen molar-refractivity contribution in [2.45, 2.75) is 18.9 Å². The number of allylic oxidation sites excluding steroid dienone is 2. The van der Waals surface area contributed by atoms with Crippen LogP contribution in [0, 0.1) is 23.7 Å². The van der Waals surface area contributed by atoms with E-state index in [4.69, 9.17) is 4.74 Å². The average molecular weight is 433 g/mol. The minimum Gasteiger partial charge on any atom is -0.504 e. The Morgan fingerprint density at radius 2 is 1.81 bits per heavy atom. The Balaban J connectivity index is 1.45. The van der Waals surface area contributed by atoms with E-state index < -0.39 is 11.9 Å². The van der Waals surface area contributed by atoms with Crippen LogP contribution in [0.2, 0.25) is 0 Å². The first-order valence-electron chi connectivity index (χ1n) is 10.6. The van der Waals surface area contributed by atoms with Crippen LogP contribution >= 0.6 is 0 Å². The van der Waals surface area contributed by atoms with Crippen LogP contribution < -0.4 is 10.1 Å². The summed E-state index contributed by atoms with van der Waals surface area (Å²) < 4.78 is 5.22. The summed E-state index contributed by atoms with van der Waals surface area (Å²) in [7, 11) is 1.55. The van der Waals surface area contributed by atoms with Gasteiger partial charge in [-0.05, 0) is 48.1 Å². The Morgan fingerprint density at radius 1 is 1.16 bits per heavy atom. The second kappa shape index (κ2) is 7.78. The summed E-state index contributed by atoms with van der Waals surface area (Å²) in [5, 5.41) is 12.5. The third kappa shape index (κ3) is 3.23. The fourth-order valence-corrected chi connectivity index (χ4v) is 5.27. The predicted octanol–water partition coefficient (Wildman–Crippen LogP) is 2.67. The minimum atomic E-state index is -0.767. The Hall–Kier alpha value is -3.68. The number of aromatic nitrogens is 1. The quantitative estimate of drug-likeness (QED) is 0.536. The summed E-state index contributed by atoms with van der Waals surface area (Å²) in [6.45, 7) is 0. The van der Waals surface area contributed by atoms with Crippen LogP contribution in [-0.2, 0) is 14.4 Å². The summed E-state index contributed by atoms with van der Waals surface area (Å²) in [5.41, 5.74) is 0.660. The number of carbonyl (C=O) groups is 3. The number of anilines is 1. The van der Waals surface area contributed by atoms with Gasteiger partial charge in [0.2, 0.25) is 17.7 Å². The molecule has 8 nitrogen and oxygen atoms in total. The molecule has 1 saturated heterocycles. The lowest BCUT2D eigenvalue weighted by atomic mass is 9.85. The van der Waals surface area contributed by atoms with Crippen molar-refractivity contribution in [1.82, 2.24) is 9.88 Å². The molecule has 5 atom stereocenters. The predicted molar refractivity (Wildman–Crippen MR) is 114 cm³/mol. The number of rotatable bonds is 6. The molecule has 0 spiro atoms. The molecule has 2 aliphatic carbocycles. The fourth-order valence-electron chi connectivity index (χ4n) is 5.27. The summed E-state index contributed by atoms with van der Waals surface area (Å²) in [6, 6.07) is 9.20. The lowest BCUT2D eigenvalue weighted by Crippen LogP contribution is -2.38. The van der Waals surface area contributed by atoms with E-state index >= 15 is 0 Å². The number of imide groups is 1. The van der Waals surface area contributed by atoms with Crippen LogP contribution in [0.15, 0.2) is 54.7 Å². The van der Waals surface area contributed by atoms with Gasteiger partial charge >= 0.3 is 0 Å². The molecule has 2 fully saturated rings. The largest absolute Gasteiger partial charge is 0.504 e. The lowest BCUT2D eigenvalue weighted by molar-refractivity contribution is -0.144. The van der Waals surface area contributed by atoms with Crippen LogP contribution in [0.4, 0.5) is 5.82 Å². The van der Waals surface area contributed by atoms with E-state index in [0.29, 0.717) is 11.3 Å². The Bertz CT molecular complexity index is 1080. The van der Waals surface area contributed by atoms with E-state index in [1.165, 1.54) is 17.2 Å². The Morgan fingerprint density at radius 3 is 2.41 bits per heavy atom. The van der Waals surface area contributed by atoms with Gasteiger partial charge in [-0.15, -0.1) is 0 Å². The zero-order valence-electron chi connectivity index (χ0n) is 17.5. The smallest absolute Gasteiger partial charge is 0.234 e. The maximum Gasteiger partial charge on any atom is 0.234 e. The van der Waals surface area contributed by atoms with E-state index in [-0.39, 0.29) is 53.5 Å². The van der Waals surface area contributed by atoms with Crippen LogP contribution in [0.1, 0.15) is 24.4 Å². The number of amides is 3. The molecule has 3 aliphatic rings. The molecule has 32 heavy (non-hydrogen) atoms. The van der Waals surface area contributed by atoms with Crippen LogP contribution in [0.5, 0.6) is 11.5 Å². The van der Waals surface area contributed by atoms with Gasteiger partial charge in [0.05, 0.1) is 31.4 Å². The highest BCUT2D eigenvalue weighted by molar-refractivity contribution is 6.07. The molecule has 2 aromatic rings. The molecule has 2 bridgehead atoms. The number of fused-ring (bicyclic) bond motifs is 5. The number of benzene rings is 1. The van der Waals surface area contributed by atoms with Crippen molar-refractivity contribution in [2.75, 3.05) is 12.4 Å². The van der Waals surface area contributed by atoms with Gasteiger partial charge in [0, 0.05) is 6.20 Å². The Labute approximate surface area is 184 Å². The molecule has 0 radical (unpaired) electrons. The molecule has 8 heteroatoms. The van der Waals surface area contributed by atoms with E-state index in [0.717, 1.165) is 6.42 Å². The van der Waals surface area contributed by atoms with Crippen molar-refractivity contribution in [1.29, 1.82) is 0 Å². The molecule has 3 amide bonds. The SMILES string of the molecule is COc1ccc(C(CC(=O)Nc2ncccc2O)N2C(=O)C3C4C=CC(C4)C3C2=O)cc1. The summed E-state index contributed by atoms with van der Waals surface area (Å²) >= 11 is 0. The van der Waals surface area contributed by atoms with Crippen molar-refractivity contribution in [3.05, 3.63) is 60.3 Å². The normalized spacial score (nSPS) is 26.3. The first kappa shape index (κ1) is 20.2. The first-order valence-corrected chi connectivity index (χ1v) is 10.6. The van der Waals surface area contributed by atoms with E-state index in [9.17, 15) is 19.5 Å². The second-order valence-electron chi connectivity index (χ2n) is 8.46. The molecule has 5 unspecified atom stereocenters. The number of hydrogen-bond acceptors (Lipinski definition) is 6. The topological polar surface area (TPSA) is 109 Å². The van der Waals surface area contributed by atoms with Gasteiger partial charge in [-0.25, -0.2) is 4.98 Å². The highest BCUT2D eigenvalue weighted by Crippen LogP contribution is 2.54. The number of aromatic hydroxyl groups is 1. The van der Waals surface area contributed by atoms with Gasteiger partial charge in [-0.3, -0.25) is 19.3 Å². The maximum absolute atomic E-state index is 13.4. The fraction of sp³-hybridized carbons (Fsp3) is 0.333. The van der Waals surface area contributed by atoms with E-state index in [2.05, 4.69) is 10.3 Å². The van der Waals surface area contributed by atoms with Gasteiger partial charge in [-0.1, -0.05) is 24.3 Å². The number of carbonyl (C=O) groups excluding carboxylic acids is 3. The maximum atomic E-state index is 13.4. The third-order valence-electron chi connectivity index (χ3n) is 6.74. The van der Waals surface area contributed by atoms with Crippen molar-refractivity contribution in [2.24, 2.45) is 23.7 Å². The van der Waals surface area contributed by atoms with Crippen LogP contribution in [-0.4, -0.2) is 39.8 Å². The number of nitrogens with zero attached hydrogens (tertiary/aromatic N) is 2. The van der Waals surface area contributed by atoms with Crippen molar-refractivity contribution in [3.8, 4) is 11.5 Å². The molecular weight excluding hydrogens is 410 g/mol. The highest BCUT2D eigenvalue weighted by atomic mass is 16.5. The molecule has 1 saturated carbocycles. The van der Waals surface area contributed by atoms with Crippen molar-refractivity contribution >= 4 is 23.5 Å². The van der Waals surface area contributed by atoms with Crippen LogP contribution in [0.25, 0.3) is 0 Å². The molecule has 164 valence electrons. The lowest BCUT2D eigenvalue weighted by Gasteiger charge is -2.28. The van der Waals surface area contributed by atoms with Gasteiger partial charge in [0.25, 0.3) is 0 Å². The molecule has 1 aliphatic heterocycles. The number of nitrogens with one attached hydrogen (secondary N) is 1. The molecule has 5 rings (SSSR count). The summed E-state index contributed by atoms with van der Waals surface area (Å²) in [5.74, 6) is -0.909. The summed E-state index contributed by atoms with van der Waals surface area (Å²) in [6.07, 6.45) is 6.22. The Kier molecular flexibility index (Phi) is 4.92. The van der Waals surface area contributed by atoms with Crippen molar-refractivity contribution in [3.63, 3.8) is 0 Å². The number of pyridine rings is 1. The number of likely N-dealkylation sites (tertiary alicyclic amines) is 1. The first-order chi connectivity index (χ1) is 15.5. The zero-order valence-corrected chi connectivity index (χ0v) is 17.5. The number of ether oxygens (including phenoxy) is 1. The second-order valence-corrected chi connectivity index (χ2v) is 8.46. The number of methoxy groups -OCH3 is 1. The molecule has 2 N–H and O–H groups in total. The minimum absolute atomic E-state index is 0.0316. The molecule has 1 aromatic heterocycles. The molecule has 2 heterocycles. The number of hydrogen-bond donors (Lipinski definition) is 2. The van der Waals surface area contributed by atoms with Gasteiger partial charge < -0.3 is 15.2 Å². The highest BCUT2D eigenvalue weighted by Gasteiger charge is 2.60. The van der Waals surface area contributed by atoms with E-state index in [1.807, 2.05) is 12.2 Å². The molecule has 1 aromatic carbocycles. The van der Waals surface area contributed by atoms with E-state index in [1.54, 1.807) is 37.4 Å².